The van der Waals surface area contributed by atoms with E-state index in [0.717, 1.165) is 12.8 Å². The van der Waals surface area contributed by atoms with E-state index in [1.54, 1.807) is 0 Å². The Bertz CT molecular complexity index is 1160. The Morgan fingerprint density at radius 3 is 2.70 bits per heavy atom. The van der Waals surface area contributed by atoms with Crippen LogP contribution in [0.2, 0.25) is 5.02 Å². The smallest absolute Gasteiger partial charge is 0.291 e. The van der Waals surface area contributed by atoms with Crippen molar-refractivity contribution in [3.63, 3.8) is 0 Å². The minimum atomic E-state index is -3.81. The summed E-state index contributed by atoms with van der Waals surface area (Å²) in [4.78, 5) is 4.28. The number of hydrogen-bond donors (Lipinski definition) is 1. The average Bonchev–Trinajstić information content (AvgIpc) is 2.99. The molecule has 0 aliphatic heterocycles. The van der Waals surface area contributed by atoms with E-state index in [1.807, 2.05) is 29.5 Å². The zero-order chi connectivity index (χ0) is 19.6. The Balaban J connectivity index is 1.87. The van der Waals surface area contributed by atoms with Gasteiger partial charge in [-0.2, -0.15) is 0 Å². The van der Waals surface area contributed by atoms with Gasteiger partial charge in [0.1, 0.15) is 8.60 Å². The van der Waals surface area contributed by atoms with Crippen LogP contribution in [-0.2, 0) is 10.0 Å². The molecule has 3 aromatic rings. The van der Waals surface area contributed by atoms with Gasteiger partial charge in [-0.15, -0.1) is 10.2 Å². The van der Waals surface area contributed by atoms with E-state index in [4.69, 9.17) is 11.6 Å². The van der Waals surface area contributed by atoms with Gasteiger partial charge in [0.25, 0.3) is 6.43 Å². The molecule has 27 heavy (non-hydrogen) atoms. The lowest BCUT2D eigenvalue weighted by atomic mass is 10.4. The van der Waals surface area contributed by atoms with Crippen LogP contribution in [0.4, 0.5) is 8.78 Å². The Morgan fingerprint density at radius 1 is 1.41 bits per heavy atom. The van der Waals surface area contributed by atoms with Crippen molar-refractivity contribution in [2.24, 2.45) is 0 Å². The van der Waals surface area contributed by atoms with Crippen molar-refractivity contribution in [2.45, 2.75) is 36.6 Å². The van der Waals surface area contributed by atoms with Gasteiger partial charge in [-0.25, -0.2) is 26.9 Å². The molecule has 0 aromatic carbocycles. The molecule has 7 nitrogen and oxygen atoms in total. The first-order chi connectivity index (χ1) is 12.6. The number of aromatic nitrogens is 4. The first kappa shape index (κ1) is 19.4. The van der Waals surface area contributed by atoms with E-state index >= 15 is 0 Å². The molecule has 13 heteroatoms. The van der Waals surface area contributed by atoms with Gasteiger partial charge in [0.05, 0.1) is 10.5 Å². The first-order valence-corrected chi connectivity index (χ1v) is 11.4. The normalized spacial score (nSPS) is 16.4. The van der Waals surface area contributed by atoms with E-state index in [2.05, 4.69) is 19.9 Å². The largest absolute Gasteiger partial charge is 0.294 e. The summed E-state index contributed by atoms with van der Waals surface area (Å²) in [6.45, 7) is 1.82. The molecule has 4 rings (SSSR count). The quantitative estimate of drug-likeness (QED) is 0.492. The van der Waals surface area contributed by atoms with Crippen molar-refractivity contribution in [3.05, 3.63) is 26.0 Å². The highest BCUT2D eigenvalue weighted by Gasteiger charge is 2.41. The fraction of sp³-hybridized carbons (Fsp3) is 0.357. The lowest BCUT2D eigenvalue weighted by Crippen LogP contribution is -2.34. The SMILES string of the molecule is CC1(NS(=O)(=O)c2cc(Cl)c3c(I)nc(-c4nnc(C(F)F)s4)n3c2)CC1. The van der Waals surface area contributed by atoms with Gasteiger partial charge >= 0.3 is 0 Å². The zero-order valence-electron chi connectivity index (χ0n) is 13.6. The van der Waals surface area contributed by atoms with E-state index in [1.165, 1.54) is 16.7 Å². The Morgan fingerprint density at radius 2 is 2.11 bits per heavy atom. The van der Waals surface area contributed by atoms with Gasteiger partial charge < -0.3 is 0 Å². The topological polar surface area (TPSA) is 89.2 Å². The standard InChI is InChI=1S/C14H11ClF2IN5O2S2/c1-14(2-3-14)22-27(24,25)6-4-7(15)8-10(18)19-11(23(8)5-6)13-21-20-12(26-13)9(16)17/h4-5,9,22H,2-3H2,1H3. The number of pyridine rings is 1. The van der Waals surface area contributed by atoms with Crippen molar-refractivity contribution in [1.29, 1.82) is 0 Å². The molecule has 1 aliphatic rings. The molecule has 0 radical (unpaired) electrons. The van der Waals surface area contributed by atoms with Crippen LogP contribution in [0.3, 0.4) is 0 Å². The molecule has 1 fully saturated rings. The zero-order valence-corrected chi connectivity index (χ0v) is 18.1. The van der Waals surface area contributed by atoms with Gasteiger partial charge in [-0.1, -0.05) is 22.9 Å². The monoisotopic (exact) mass is 545 g/mol. The minimum Gasteiger partial charge on any atom is -0.294 e. The van der Waals surface area contributed by atoms with Crippen LogP contribution in [0.1, 0.15) is 31.2 Å². The number of sulfonamides is 1. The number of nitrogens with one attached hydrogen (secondary N) is 1. The minimum absolute atomic E-state index is 0.0400. The van der Waals surface area contributed by atoms with E-state index in [0.29, 0.717) is 20.6 Å². The molecule has 1 aliphatic carbocycles. The van der Waals surface area contributed by atoms with Crippen molar-refractivity contribution in [1.82, 2.24) is 24.3 Å². The van der Waals surface area contributed by atoms with Crippen molar-refractivity contribution in [2.75, 3.05) is 0 Å². The fourth-order valence-corrected chi connectivity index (χ4v) is 5.96. The highest BCUT2D eigenvalue weighted by atomic mass is 127. The van der Waals surface area contributed by atoms with E-state index < -0.39 is 27.0 Å². The van der Waals surface area contributed by atoms with Crippen molar-refractivity contribution in [3.8, 4) is 10.8 Å². The number of hydrogen-bond acceptors (Lipinski definition) is 6. The molecule has 1 saturated carbocycles. The van der Waals surface area contributed by atoms with Crippen LogP contribution >= 0.6 is 45.5 Å². The molecule has 0 saturated heterocycles. The molecule has 144 valence electrons. The average molecular weight is 546 g/mol. The highest BCUT2D eigenvalue weighted by Crippen LogP contribution is 2.37. The molecule has 3 aromatic heterocycles. The molecule has 0 atom stereocenters. The number of fused-ring (bicyclic) bond motifs is 1. The highest BCUT2D eigenvalue weighted by molar-refractivity contribution is 14.1. The molecule has 0 amide bonds. The van der Waals surface area contributed by atoms with Crippen molar-refractivity contribution < 1.29 is 17.2 Å². The van der Waals surface area contributed by atoms with Crippen LogP contribution in [0.5, 0.6) is 0 Å². The predicted octanol–water partition coefficient (Wildman–Crippen LogP) is 3.88. The van der Waals surface area contributed by atoms with Crippen molar-refractivity contribution >= 4 is 61.1 Å². The fourth-order valence-electron chi connectivity index (χ4n) is 2.49. The van der Waals surface area contributed by atoms with Gasteiger partial charge in [-0.3, -0.25) is 4.40 Å². The molecular weight excluding hydrogens is 535 g/mol. The maximum atomic E-state index is 12.8. The number of alkyl halides is 2. The van der Waals surface area contributed by atoms with Gasteiger partial charge in [0.2, 0.25) is 10.0 Å². The molecular formula is C14H11ClF2IN5O2S2. The number of rotatable bonds is 5. The molecule has 1 N–H and O–H groups in total. The second-order valence-corrected chi connectivity index (χ2v) is 10.5. The summed E-state index contributed by atoms with van der Waals surface area (Å²) in [5.74, 6) is 0.204. The maximum Gasteiger partial charge on any atom is 0.291 e. The summed E-state index contributed by atoms with van der Waals surface area (Å²) in [6.07, 6.45) is 0.142. The van der Waals surface area contributed by atoms with Crippen LogP contribution in [0.15, 0.2) is 17.2 Å². The Kier molecular flexibility index (Phi) is 4.69. The third-order valence-corrected chi connectivity index (χ3v) is 7.70. The lowest BCUT2D eigenvalue weighted by Gasteiger charge is -2.13. The third kappa shape index (κ3) is 3.57. The summed E-state index contributed by atoms with van der Waals surface area (Å²) < 4.78 is 55.7. The molecule has 0 unspecified atom stereocenters. The molecule has 0 spiro atoms. The first-order valence-electron chi connectivity index (χ1n) is 7.63. The van der Waals surface area contributed by atoms with Crippen LogP contribution in [0, 0.1) is 3.70 Å². The summed E-state index contributed by atoms with van der Waals surface area (Å²) in [5.41, 5.74) is 0.0235. The van der Waals surface area contributed by atoms with E-state index in [9.17, 15) is 17.2 Å². The van der Waals surface area contributed by atoms with Crippen LogP contribution in [-0.4, -0.2) is 33.5 Å². The van der Waals surface area contributed by atoms with Gasteiger partial charge in [0.15, 0.2) is 15.8 Å². The summed E-state index contributed by atoms with van der Waals surface area (Å²) in [6, 6.07) is 1.35. The summed E-state index contributed by atoms with van der Waals surface area (Å²) in [5, 5.41) is 7.11. The summed E-state index contributed by atoms with van der Waals surface area (Å²) in [7, 11) is -3.81. The van der Waals surface area contributed by atoms with Crippen LogP contribution < -0.4 is 4.72 Å². The third-order valence-electron chi connectivity index (χ3n) is 4.13. The number of imidazole rings is 1. The molecule has 3 heterocycles. The second kappa shape index (κ2) is 6.54. The number of nitrogens with zero attached hydrogens (tertiary/aromatic N) is 4. The Hall–Kier alpha value is -0.960. The van der Waals surface area contributed by atoms with Crippen LogP contribution in [0.25, 0.3) is 16.3 Å². The molecule has 0 bridgehead atoms. The predicted molar refractivity (Wildman–Crippen MR) is 105 cm³/mol. The maximum absolute atomic E-state index is 12.8. The lowest BCUT2D eigenvalue weighted by molar-refractivity contribution is 0.150. The van der Waals surface area contributed by atoms with E-state index in [-0.39, 0.29) is 20.8 Å². The number of halogens is 4. The Labute approximate surface area is 175 Å². The second-order valence-electron chi connectivity index (χ2n) is 6.38. The van der Waals surface area contributed by atoms with Gasteiger partial charge in [0, 0.05) is 11.7 Å². The summed E-state index contributed by atoms with van der Waals surface area (Å²) >= 11 is 8.94. The van der Waals surface area contributed by atoms with Gasteiger partial charge in [-0.05, 0) is 48.4 Å².